The number of hydrogen-bond acceptors (Lipinski definition) is 4. The summed E-state index contributed by atoms with van der Waals surface area (Å²) in [4.78, 5) is 13.0. The maximum atomic E-state index is 11.3. The van der Waals surface area contributed by atoms with Gasteiger partial charge in [0.2, 0.25) is 6.41 Å². The summed E-state index contributed by atoms with van der Waals surface area (Å²) in [5, 5.41) is 3.35. The van der Waals surface area contributed by atoms with Crippen molar-refractivity contribution >= 4 is 12.1 Å². The largest absolute Gasteiger partial charge is 0.492 e. The van der Waals surface area contributed by atoms with Crippen LogP contribution in [0.3, 0.4) is 0 Å². The SMILES string of the molecule is CCOCCNC(C)COc1cccc(N(C=O)CC(C)C)c1. The minimum absolute atomic E-state index is 0.233. The van der Waals surface area contributed by atoms with Gasteiger partial charge in [-0.25, -0.2) is 0 Å². The van der Waals surface area contributed by atoms with E-state index in [9.17, 15) is 4.79 Å². The Balaban J connectivity index is 2.48. The lowest BCUT2D eigenvalue weighted by atomic mass is 10.2. The molecule has 1 aromatic carbocycles. The van der Waals surface area contributed by atoms with Crippen molar-refractivity contribution in [3.8, 4) is 5.75 Å². The Hall–Kier alpha value is -1.59. The lowest BCUT2D eigenvalue weighted by Gasteiger charge is -2.21. The Bertz CT molecular complexity index is 452. The highest BCUT2D eigenvalue weighted by Gasteiger charge is 2.09. The lowest BCUT2D eigenvalue weighted by molar-refractivity contribution is -0.107. The smallest absolute Gasteiger partial charge is 0.214 e. The number of carbonyl (C=O) groups excluding carboxylic acids is 1. The molecule has 1 rings (SSSR count). The summed E-state index contributed by atoms with van der Waals surface area (Å²) in [7, 11) is 0. The van der Waals surface area contributed by atoms with E-state index in [0.29, 0.717) is 25.7 Å². The van der Waals surface area contributed by atoms with E-state index in [1.165, 1.54) is 0 Å². The maximum Gasteiger partial charge on any atom is 0.214 e. The van der Waals surface area contributed by atoms with Crippen molar-refractivity contribution in [1.82, 2.24) is 5.32 Å². The molecule has 1 unspecified atom stereocenters. The van der Waals surface area contributed by atoms with Crippen LogP contribution in [0.25, 0.3) is 0 Å². The topological polar surface area (TPSA) is 50.8 Å². The van der Waals surface area contributed by atoms with Crippen LogP contribution in [0.1, 0.15) is 27.7 Å². The van der Waals surface area contributed by atoms with E-state index in [2.05, 4.69) is 26.1 Å². The molecule has 1 amide bonds. The highest BCUT2D eigenvalue weighted by Crippen LogP contribution is 2.21. The molecule has 0 radical (unpaired) electrons. The predicted molar refractivity (Wildman–Crippen MR) is 94.1 cm³/mol. The molecule has 1 N–H and O–H groups in total. The molecule has 0 fully saturated rings. The number of rotatable bonds is 12. The van der Waals surface area contributed by atoms with Gasteiger partial charge in [0, 0.05) is 37.5 Å². The van der Waals surface area contributed by atoms with Gasteiger partial charge in [-0.2, -0.15) is 0 Å². The summed E-state index contributed by atoms with van der Waals surface area (Å²) in [6, 6.07) is 7.89. The number of benzene rings is 1. The highest BCUT2D eigenvalue weighted by molar-refractivity contribution is 5.75. The van der Waals surface area contributed by atoms with Crippen LogP contribution in [0, 0.1) is 5.92 Å². The third-order valence-corrected chi connectivity index (χ3v) is 3.28. The van der Waals surface area contributed by atoms with Gasteiger partial charge in [-0.3, -0.25) is 4.79 Å². The molecular formula is C18H30N2O3. The van der Waals surface area contributed by atoms with Crippen LogP contribution in [0.15, 0.2) is 24.3 Å². The molecule has 130 valence electrons. The summed E-state index contributed by atoms with van der Waals surface area (Å²) in [6.07, 6.45) is 0.872. The standard InChI is InChI=1S/C18H30N2O3/c1-5-22-10-9-19-16(4)13-23-18-8-6-7-17(11-18)20(14-21)12-15(2)3/h6-8,11,14-16,19H,5,9-10,12-13H2,1-4H3. The fraction of sp³-hybridized carbons (Fsp3) is 0.611. The molecule has 0 aromatic heterocycles. The molecule has 0 heterocycles. The Morgan fingerprint density at radius 1 is 1.30 bits per heavy atom. The summed E-state index contributed by atoms with van der Waals surface area (Å²) in [5.41, 5.74) is 0.864. The van der Waals surface area contributed by atoms with E-state index in [4.69, 9.17) is 9.47 Å². The number of carbonyl (C=O) groups is 1. The molecule has 0 spiro atoms. The van der Waals surface area contributed by atoms with Gasteiger partial charge in [-0.05, 0) is 31.9 Å². The van der Waals surface area contributed by atoms with Gasteiger partial charge in [0.15, 0.2) is 0 Å². The molecule has 0 bridgehead atoms. The Morgan fingerprint density at radius 3 is 2.74 bits per heavy atom. The minimum atomic E-state index is 0.233. The molecular weight excluding hydrogens is 292 g/mol. The van der Waals surface area contributed by atoms with Crippen molar-refractivity contribution < 1.29 is 14.3 Å². The zero-order valence-corrected chi connectivity index (χ0v) is 14.7. The van der Waals surface area contributed by atoms with Gasteiger partial charge in [0.25, 0.3) is 0 Å². The quantitative estimate of drug-likeness (QED) is 0.475. The number of hydrogen-bond donors (Lipinski definition) is 1. The van der Waals surface area contributed by atoms with Gasteiger partial charge in [0.1, 0.15) is 12.4 Å². The van der Waals surface area contributed by atoms with Crippen molar-refractivity contribution in [2.24, 2.45) is 5.92 Å². The summed E-state index contributed by atoms with van der Waals surface area (Å²) < 4.78 is 11.1. The average Bonchev–Trinajstić information content (AvgIpc) is 2.55. The van der Waals surface area contributed by atoms with Gasteiger partial charge in [-0.1, -0.05) is 19.9 Å². The lowest BCUT2D eigenvalue weighted by Crippen LogP contribution is -2.34. The van der Waals surface area contributed by atoms with Crippen molar-refractivity contribution in [3.05, 3.63) is 24.3 Å². The third kappa shape index (κ3) is 8.00. The number of anilines is 1. The van der Waals surface area contributed by atoms with E-state index in [1.807, 2.05) is 31.2 Å². The Morgan fingerprint density at radius 2 is 2.09 bits per heavy atom. The van der Waals surface area contributed by atoms with Crippen LogP contribution in [0.4, 0.5) is 5.69 Å². The van der Waals surface area contributed by atoms with Crippen molar-refractivity contribution in [2.45, 2.75) is 33.7 Å². The fourth-order valence-electron chi connectivity index (χ4n) is 2.16. The molecule has 1 aromatic rings. The zero-order valence-electron chi connectivity index (χ0n) is 14.7. The molecule has 0 aliphatic heterocycles. The molecule has 0 saturated carbocycles. The second kappa shape index (κ2) is 11.0. The minimum Gasteiger partial charge on any atom is -0.492 e. The molecule has 0 aliphatic rings. The third-order valence-electron chi connectivity index (χ3n) is 3.28. The molecule has 5 heteroatoms. The van der Waals surface area contributed by atoms with Crippen LogP contribution < -0.4 is 15.0 Å². The van der Waals surface area contributed by atoms with Crippen LogP contribution in [0.5, 0.6) is 5.75 Å². The van der Waals surface area contributed by atoms with Gasteiger partial charge in [-0.15, -0.1) is 0 Å². The number of ether oxygens (including phenoxy) is 2. The van der Waals surface area contributed by atoms with Crippen molar-refractivity contribution in [3.63, 3.8) is 0 Å². The van der Waals surface area contributed by atoms with E-state index >= 15 is 0 Å². The first-order valence-electron chi connectivity index (χ1n) is 8.32. The maximum absolute atomic E-state index is 11.3. The number of nitrogens with one attached hydrogen (secondary N) is 1. The first-order chi connectivity index (χ1) is 11.1. The molecule has 23 heavy (non-hydrogen) atoms. The second-order valence-electron chi connectivity index (χ2n) is 6.01. The molecule has 5 nitrogen and oxygen atoms in total. The van der Waals surface area contributed by atoms with Crippen molar-refractivity contribution in [1.29, 1.82) is 0 Å². The summed E-state index contributed by atoms with van der Waals surface area (Å²) >= 11 is 0. The number of amides is 1. The van der Waals surface area contributed by atoms with Crippen molar-refractivity contribution in [2.75, 3.05) is 37.8 Å². The van der Waals surface area contributed by atoms with E-state index in [0.717, 1.165) is 31.0 Å². The normalized spacial score (nSPS) is 12.2. The predicted octanol–water partition coefficient (Wildman–Crippen LogP) is 2.70. The molecule has 0 aliphatic carbocycles. The Kier molecular flexibility index (Phi) is 9.33. The van der Waals surface area contributed by atoms with Crippen LogP contribution in [-0.4, -0.2) is 45.4 Å². The van der Waals surface area contributed by atoms with Gasteiger partial charge >= 0.3 is 0 Å². The average molecular weight is 322 g/mol. The van der Waals surface area contributed by atoms with Gasteiger partial charge < -0.3 is 19.7 Å². The summed E-state index contributed by atoms with van der Waals surface area (Å²) in [6.45, 7) is 11.8. The number of nitrogens with zero attached hydrogens (tertiary/aromatic N) is 1. The molecule has 0 saturated heterocycles. The van der Waals surface area contributed by atoms with Crippen LogP contribution >= 0.6 is 0 Å². The van der Waals surface area contributed by atoms with Gasteiger partial charge in [0.05, 0.1) is 6.61 Å². The van der Waals surface area contributed by atoms with Crippen LogP contribution in [0.2, 0.25) is 0 Å². The fourth-order valence-corrected chi connectivity index (χ4v) is 2.16. The van der Waals surface area contributed by atoms with E-state index < -0.39 is 0 Å². The zero-order chi connectivity index (χ0) is 17.1. The first kappa shape index (κ1) is 19.5. The summed E-state index contributed by atoms with van der Waals surface area (Å²) in [5.74, 6) is 1.19. The highest BCUT2D eigenvalue weighted by atomic mass is 16.5. The van der Waals surface area contributed by atoms with E-state index in [1.54, 1.807) is 4.90 Å². The molecule has 1 atom stereocenters. The van der Waals surface area contributed by atoms with E-state index in [-0.39, 0.29) is 6.04 Å². The van der Waals surface area contributed by atoms with Crippen LogP contribution in [-0.2, 0) is 9.53 Å². The second-order valence-corrected chi connectivity index (χ2v) is 6.01. The first-order valence-corrected chi connectivity index (χ1v) is 8.32. The Labute approximate surface area is 140 Å². The monoisotopic (exact) mass is 322 g/mol.